The number of halogens is 1. The van der Waals surface area contributed by atoms with E-state index < -0.39 is 0 Å². The van der Waals surface area contributed by atoms with Gasteiger partial charge in [-0.3, -0.25) is 9.59 Å². The Morgan fingerprint density at radius 1 is 1.19 bits per heavy atom. The lowest BCUT2D eigenvalue weighted by atomic mass is 10.1. The second kappa shape index (κ2) is 7.45. The number of rotatable bonds is 6. The number of carbonyl (C=O) groups is 2. The Morgan fingerprint density at radius 3 is 2.62 bits per heavy atom. The van der Waals surface area contributed by atoms with Gasteiger partial charge in [0.1, 0.15) is 18.6 Å². The van der Waals surface area contributed by atoms with Crippen molar-refractivity contribution in [2.45, 2.75) is 0 Å². The molecule has 0 fully saturated rings. The first-order valence-electron chi connectivity index (χ1n) is 6.41. The van der Waals surface area contributed by atoms with Crippen LogP contribution in [0.2, 0.25) is 5.02 Å². The Hall–Kier alpha value is -2.33. The fourth-order valence-corrected chi connectivity index (χ4v) is 1.89. The van der Waals surface area contributed by atoms with Gasteiger partial charge in [0, 0.05) is 16.1 Å². The molecule has 1 N–H and O–H groups in total. The highest BCUT2D eigenvalue weighted by Crippen LogP contribution is 2.16. The van der Waals surface area contributed by atoms with E-state index in [0.29, 0.717) is 35.1 Å². The van der Waals surface area contributed by atoms with Gasteiger partial charge in [-0.15, -0.1) is 0 Å². The van der Waals surface area contributed by atoms with Crippen LogP contribution in [0.5, 0.6) is 5.75 Å². The summed E-state index contributed by atoms with van der Waals surface area (Å²) in [6, 6.07) is 13.5. The molecule has 2 aromatic rings. The summed E-state index contributed by atoms with van der Waals surface area (Å²) >= 11 is 5.84. The van der Waals surface area contributed by atoms with Crippen molar-refractivity contribution in [3.05, 3.63) is 64.7 Å². The highest BCUT2D eigenvalue weighted by atomic mass is 35.5. The summed E-state index contributed by atoms with van der Waals surface area (Å²) in [5.74, 6) is 0.453. The molecule has 0 spiro atoms. The highest BCUT2D eigenvalue weighted by molar-refractivity contribution is 6.30. The van der Waals surface area contributed by atoms with Crippen molar-refractivity contribution in [3.8, 4) is 5.75 Å². The van der Waals surface area contributed by atoms with Crippen molar-refractivity contribution in [2.24, 2.45) is 0 Å². The molecular formula is C16H14ClNO3. The monoisotopic (exact) mass is 303 g/mol. The number of benzene rings is 2. The molecule has 5 heteroatoms. The Balaban J connectivity index is 1.77. The van der Waals surface area contributed by atoms with Gasteiger partial charge in [0.05, 0.1) is 6.54 Å². The molecule has 2 rings (SSSR count). The summed E-state index contributed by atoms with van der Waals surface area (Å²) in [5.41, 5.74) is 1.04. The van der Waals surface area contributed by atoms with Crippen LogP contribution in [0.3, 0.4) is 0 Å². The Bertz CT molecular complexity index is 626. The van der Waals surface area contributed by atoms with E-state index in [0.717, 1.165) is 6.29 Å². The largest absolute Gasteiger partial charge is 0.492 e. The lowest BCUT2D eigenvalue weighted by molar-refractivity contribution is 0.0946. The molecule has 0 aliphatic carbocycles. The first-order valence-corrected chi connectivity index (χ1v) is 6.78. The van der Waals surface area contributed by atoms with Gasteiger partial charge in [-0.2, -0.15) is 0 Å². The van der Waals surface area contributed by atoms with Crippen LogP contribution in [-0.4, -0.2) is 25.3 Å². The average Bonchev–Trinajstić information content (AvgIpc) is 2.51. The Morgan fingerprint density at radius 2 is 1.95 bits per heavy atom. The van der Waals surface area contributed by atoms with Crippen LogP contribution >= 0.6 is 11.6 Å². The summed E-state index contributed by atoms with van der Waals surface area (Å²) in [6.07, 6.45) is 0.737. The number of amides is 1. The van der Waals surface area contributed by atoms with Crippen molar-refractivity contribution < 1.29 is 14.3 Å². The Kier molecular flexibility index (Phi) is 5.35. The minimum atomic E-state index is -0.206. The number of nitrogens with one attached hydrogen (secondary N) is 1. The van der Waals surface area contributed by atoms with Crippen LogP contribution in [0, 0.1) is 0 Å². The predicted octanol–water partition coefficient (Wildman–Crippen LogP) is 2.96. The number of aldehydes is 1. The molecule has 0 aliphatic rings. The van der Waals surface area contributed by atoms with Crippen molar-refractivity contribution in [1.29, 1.82) is 0 Å². The van der Waals surface area contributed by atoms with Crippen molar-refractivity contribution in [1.82, 2.24) is 5.32 Å². The molecule has 108 valence electrons. The topological polar surface area (TPSA) is 55.4 Å². The van der Waals surface area contributed by atoms with Crippen LogP contribution in [0.1, 0.15) is 20.7 Å². The zero-order chi connectivity index (χ0) is 15.1. The molecule has 0 unspecified atom stereocenters. The van der Waals surface area contributed by atoms with Gasteiger partial charge in [-0.1, -0.05) is 29.8 Å². The lowest BCUT2D eigenvalue weighted by Gasteiger charge is -2.08. The summed E-state index contributed by atoms with van der Waals surface area (Å²) in [7, 11) is 0. The first-order chi connectivity index (χ1) is 10.2. The number of carbonyl (C=O) groups excluding carboxylic acids is 2. The molecule has 1 amide bonds. The second-order valence-corrected chi connectivity index (χ2v) is 4.74. The molecule has 0 aromatic heterocycles. The summed E-state index contributed by atoms with van der Waals surface area (Å²) in [5, 5.41) is 3.34. The molecule has 4 nitrogen and oxygen atoms in total. The van der Waals surface area contributed by atoms with E-state index in [-0.39, 0.29) is 5.91 Å². The third kappa shape index (κ3) is 4.61. The van der Waals surface area contributed by atoms with Gasteiger partial charge in [-0.05, 0) is 30.3 Å². The second-order valence-electron chi connectivity index (χ2n) is 4.30. The molecule has 2 aromatic carbocycles. The Labute approximate surface area is 127 Å². The number of hydrogen-bond acceptors (Lipinski definition) is 3. The molecular weight excluding hydrogens is 290 g/mol. The van der Waals surface area contributed by atoms with Crippen molar-refractivity contribution in [2.75, 3.05) is 13.2 Å². The number of ether oxygens (including phenoxy) is 1. The fourth-order valence-electron chi connectivity index (χ4n) is 1.71. The summed E-state index contributed by atoms with van der Waals surface area (Å²) in [4.78, 5) is 22.4. The molecule has 0 bridgehead atoms. The maximum atomic E-state index is 11.8. The molecule has 21 heavy (non-hydrogen) atoms. The summed E-state index contributed by atoms with van der Waals surface area (Å²) in [6.45, 7) is 0.722. The molecule has 0 saturated heterocycles. The third-order valence-electron chi connectivity index (χ3n) is 2.76. The smallest absolute Gasteiger partial charge is 0.251 e. The van der Waals surface area contributed by atoms with Crippen LogP contribution < -0.4 is 10.1 Å². The third-order valence-corrected chi connectivity index (χ3v) is 3.00. The van der Waals surface area contributed by atoms with Crippen molar-refractivity contribution in [3.63, 3.8) is 0 Å². The molecule has 0 heterocycles. The summed E-state index contributed by atoms with van der Waals surface area (Å²) < 4.78 is 5.46. The number of hydrogen-bond donors (Lipinski definition) is 1. The molecule has 0 radical (unpaired) electrons. The molecule has 0 aliphatic heterocycles. The standard InChI is InChI=1S/C16H14ClNO3/c17-14-2-1-3-15(10-14)21-9-8-18-16(20)13-6-4-12(11-19)5-7-13/h1-7,10-11H,8-9H2,(H,18,20). The van der Waals surface area contributed by atoms with E-state index in [1.54, 1.807) is 48.5 Å². The van der Waals surface area contributed by atoms with E-state index in [4.69, 9.17) is 16.3 Å². The normalized spacial score (nSPS) is 9.95. The maximum absolute atomic E-state index is 11.8. The zero-order valence-electron chi connectivity index (χ0n) is 11.2. The quantitative estimate of drug-likeness (QED) is 0.659. The predicted molar refractivity (Wildman–Crippen MR) is 81.1 cm³/mol. The highest BCUT2D eigenvalue weighted by Gasteiger charge is 2.04. The lowest BCUT2D eigenvalue weighted by Crippen LogP contribution is -2.28. The van der Waals surface area contributed by atoms with E-state index in [2.05, 4.69) is 5.32 Å². The van der Waals surface area contributed by atoms with Crippen LogP contribution in [0.4, 0.5) is 0 Å². The van der Waals surface area contributed by atoms with Crippen molar-refractivity contribution >= 4 is 23.8 Å². The van der Waals surface area contributed by atoms with E-state index in [9.17, 15) is 9.59 Å². The SMILES string of the molecule is O=Cc1ccc(C(=O)NCCOc2cccc(Cl)c2)cc1. The van der Waals surface area contributed by atoms with E-state index in [1.165, 1.54) is 0 Å². The molecule has 0 saturated carbocycles. The van der Waals surface area contributed by atoms with Gasteiger partial charge in [-0.25, -0.2) is 0 Å². The zero-order valence-corrected chi connectivity index (χ0v) is 12.0. The van der Waals surface area contributed by atoms with Crippen LogP contribution in [-0.2, 0) is 0 Å². The minimum absolute atomic E-state index is 0.206. The van der Waals surface area contributed by atoms with Crippen LogP contribution in [0.25, 0.3) is 0 Å². The van der Waals surface area contributed by atoms with Gasteiger partial charge < -0.3 is 10.1 Å². The first kappa shape index (κ1) is 15.1. The van der Waals surface area contributed by atoms with Crippen LogP contribution in [0.15, 0.2) is 48.5 Å². The fraction of sp³-hybridized carbons (Fsp3) is 0.125. The van der Waals surface area contributed by atoms with Gasteiger partial charge >= 0.3 is 0 Å². The van der Waals surface area contributed by atoms with E-state index in [1.807, 2.05) is 0 Å². The van der Waals surface area contributed by atoms with Gasteiger partial charge in [0.25, 0.3) is 5.91 Å². The van der Waals surface area contributed by atoms with Gasteiger partial charge in [0.2, 0.25) is 0 Å². The maximum Gasteiger partial charge on any atom is 0.251 e. The average molecular weight is 304 g/mol. The van der Waals surface area contributed by atoms with E-state index >= 15 is 0 Å². The van der Waals surface area contributed by atoms with Gasteiger partial charge in [0.15, 0.2) is 0 Å². The molecule has 0 atom stereocenters. The minimum Gasteiger partial charge on any atom is -0.492 e.